The molecule has 3 heteroatoms. The summed E-state index contributed by atoms with van der Waals surface area (Å²) in [5.41, 5.74) is 1.41. The second kappa shape index (κ2) is 11.2. The van der Waals surface area contributed by atoms with Gasteiger partial charge in [0.2, 0.25) is 0 Å². The molecule has 0 spiro atoms. The quantitative estimate of drug-likeness (QED) is 0.485. The van der Waals surface area contributed by atoms with E-state index in [0.29, 0.717) is 5.92 Å². The van der Waals surface area contributed by atoms with E-state index in [1.54, 1.807) is 0 Å². The third kappa shape index (κ3) is 7.93. The van der Waals surface area contributed by atoms with E-state index >= 15 is 0 Å². The minimum Gasteiger partial charge on any atom is -0.380 e. The van der Waals surface area contributed by atoms with Crippen molar-refractivity contribution in [2.24, 2.45) is 0 Å². The summed E-state index contributed by atoms with van der Waals surface area (Å²) in [7, 11) is 0. The lowest BCUT2D eigenvalue weighted by atomic mass is 10.0. The molecule has 0 atom stereocenters. The first kappa shape index (κ1) is 17.5. The van der Waals surface area contributed by atoms with Crippen LogP contribution in [-0.4, -0.2) is 32.1 Å². The Kier molecular flexibility index (Phi) is 9.81. The van der Waals surface area contributed by atoms with Gasteiger partial charge in [0, 0.05) is 30.3 Å². The molecule has 0 aromatic heterocycles. The predicted molar refractivity (Wildman–Crippen MR) is 89.9 cm³/mol. The van der Waals surface area contributed by atoms with Gasteiger partial charge in [-0.25, -0.2) is 0 Å². The van der Waals surface area contributed by atoms with E-state index in [1.165, 1.54) is 23.3 Å². The highest BCUT2D eigenvalue weighted by Crippen LogP contribution is 2.21. The Labute approximate surface area is 128 Å². The van der Waals surface area contributed by atoms with Gasteiger partial charge in [0.15, 0.2) is 0 Å². The van der Waals surface area contributed by atoms with Crippen LogP contribution >= 0.6 is 11.8 Å². The topological polar surface area (TPSA) is 21.3 Å². The Morgan fingerprint density at radius 1 is 1.10 bits per heavy atom. The molecule has 0 aliphatic carbocycles. The van der Waals surface area contributed by atoms with E-state index in [0.717, 1.165) is 32.1 Å². The number of unbranched alkanes of at least 4 members (excludes halogenated alkanes) is 1. The normalized spacial score (nSPS) is 11.2. The summed E-state index contributed by atoms with van der Waals surface area (Å²) in [4.78, 5) is 1.36. The largest absolute Gasteiger partial charge is 0.380 e. The van der Waals surface area contributed by atoms with Crippen molar-refractivity contribution < 1.29 is 4.74 Å². The molecule has 0 saturated carbocycles. The fourth-order valence-corrected chi connectivity index (χ4v) is 2.62. The van der Waals surface area contributed by atoms with Crippen molar-refractivity contribution >= 4 is 11.8 Å². The first-order chi connectivity index (χ1) is 9.74. The molecular weight excluding hydrogens is 266 g/mol. The summed E-state index contributed by atoms with van der Waals surface area (Å²) in [6.07, 6.45) is 2.38. The molecule has 0 saturated heterocycles. The minimum absolute atomic E-state index is 0.614. The predicted octanol–water partition coefficient (Wildman–Crippen LogP) is 4.31. The van der Waals surface area contributed by atoms with E-state index < -0.39 is 0 Å². The van der Waals surface area contributed by atoms with Crippen LogP contribution in [0.3, 0.4) is 0 Å². The lowest BCUT2D eigenvalue weighted by Crippen LogP contribution is -2.22. The van der Waals surface area contributed by atoms with Crippen molar-refractivity contribution in [2.45, 2.75) is 44.4 Å². The van der Waals surface area contributed by atoms with E-state index in [4.69, 9.17) is 4.74 Å². The third-order valence-corrected chi connectivity index (χ3v) is 4.17. The molecule has 1 N–H and O–H groups in total. The molecule has 1 aromatic carbocycles. The number of hydrogen-bond acceptors (Lipinski definition) is 3. The molecule has 0 amide bonds. The standard InChI is InChI=1S/C17H29NOS/c1-4-5-12-19-13-10-18-11-14-20-17-8-6-16(7-9-17)15(2)3/h6-9,15,18H,4-5,10-14H2,1-3H3. The fraction of sp³-hybridized carbons (Fsp3) is 0.647. The molecule has 1 aromatic rings. The Bertz CT molecular complexity index is 337. The number of nitrogens with one attached hydrogen (secondary N) is 1. The first-order valence-corrected chi connectivity index (χ1v) is 8.73. The number of benzene rings is 1. The molecule has 0 bridgehead atoms. The molecule has 0 radical (unpaired) electrons. The summed E-state index contributed by atoms with van der Waals surface area (Å²) < 4.78 is 5.51. The maximum Gasteiger partial charge on any atom is 0.0590 e. The van der Waals surface area contributed by atoms with Crippen LogP contribution in [-0.2, 0) is 4.74 Å². The molecule has 20 heavy (non-hydrogen) atoms. The van der Waals surface area contributed by atoms with Gasteiger partial charge < -0.3 is 10.1 Å². The number of thioether (sulfide) groups is 1. The summed E-state index contributed by atoms with van der Waals surface area (Å²) in [6, 6.07) is 8.94. The molecule has 0 heterocycles. The highest BCUT2D eigenvalue weighted by molar-refractivity contribution is 7.99. The summed E-state index contributed by atoms with van der Waals surface area (Å²) in [6.45, 7) is 10.4. The van der Waals surface area contributed by atoms with Gasteiger partial charge in [0.25, 0.3) is 0 Å². The Morgan fingerprint density at radius 3 is 2.50 bits per heavy atom. The average molecular weight is 295 g/mol. The Hall–Kier alpha value is -0.510. The van der Waals surface area contributed by atoms with Gasteiger partial charge in [0.05, 0.1) is 6.61 Å². The van der Waals surface area contributed by atoms with Crippen molar-refractivity contribution in [3.63, 3.8) is 0 Å². The lowest BCUT2D eigenvalue weighted by molar-refractivity contribution is 0.133. The van der Waals surface area contributed by atoms with Crippen molar-refractivity contribution in [2.75, 3.05) is 32.1 Å². The van der Waals surface area contributed by atoms with Gasteiger partial charge in [-0.3, -0.25) is 0 Å². The molecule has 0 fully saturated rings. The fourth-order valence-electron chi connectivity index (χ4n) is 1.81. The first-order valence-electron chi connectivity index (χ1n) is 7.75. The van der Waals surface area contributed by atoms with Gasteiger partial charge >= 0.3 is 0 Å². The lowest BCUT2D eigenvalue weighted by Gasteiger charge is -2.08. The van der Waals surface area contributed by atoms with Crippen LogP contribution in [0.25, 0.3) is 0 Å². The zero-order chi connectivity index (χ0) is 14.6. The van der Waals surface area contributed by atoms with Crippen LogP contribution in [0, 0.1) is 0 Å². The van der Waals surface area contributed by atoms with Crippen molar-refractivity contribution in [3.05, 3.63) is 29.8 Å². The zero-order valence-electron chi connectivity index (χ0n) is 13.2. The van der Waals surface area contributed by atoms with E-state index in [2.05, 4.69) is 50.4 Å². The van der Waals surface area contributed by atoms with Gasteiger partial charge in [-0.2, -0.15) is 0 Å². The summed E-state index contributed by atoms with van der Waals surface area (Å²) >= 11 is 1.91. The Morgan fingerprint density at radius 2 is 1.85 bits per heavy atom. The molecule has 0 unspecified atom stereocenters. The molecular formula is C17H29NOS. The highest BCUT2D eigenvalue weighted by Gasteiger charge is 1.99. The molecule has 0 aliphatic heterocycles. The van der Waals surface area contributed by atoms with Gasteiger partial charge in [-0.1, -0.05) is 39.3 Å². The second-order valence-corrected chi connectivity index (χ2v) is 6.46. The van der Waals surface area contributed by atoms with E-state index in [9.17, 15) is 0 Å². The van der Waals surface area contributed by atoms with Crippen LogP contribution < -0.4 is 5.32 Å². The van der Waals surface area contributed by atoms with Crippen molar-refractivity contribution in [1.82, 2.24) is 5.32 Å². The minimum atomic E-state index is 0.614. The summed E-state index contributed by atoms with van der Waals surface area (Å²) in [5.74, 6) is 1.72. The van der Waals surface area contributed by atoms with Crippen molar-refractivity contribution in [3.8, 4) is 0 Å². The van der Waals surface area contributed by atoms with Crippen molar-refractivity contribution in [1.29, 1.82) is 0 Å². The van der Waals surface area contributed by atoms with Crippen LogP contribution in [0.1, 0.15) is 45.1 Å². The van der Waals surface area contributed by atoms with Crippen LogP contribution in [0.15, 0.2) is 29.2 Å². The number of ether oxygens (including phenoxy) is 1. The van der Waals surface area contributed by atoms with Gasteiger partial charge in [-0.15, -0.1) is 11.8 Å². The maximum absolute atomic E-state index is 5.51. The average Bonchev–Trinajstić information content (AvgIpc) is 2.46. The van der Waals surface area contributed by atoms with Gasteiger partial charge in [0.1, 0.15) is 0 Å². The molecule has 0 aliphatic rings. The number of rotatable bonds is 11. The smallest absolute Gasteiger partial charge is 0.0590 e. The van der Waals surface area contributed by atoms with Crippen LogP contribution in [0.4, 0.5) is 0 Å². The van der Waals surface area contributed by atoms with Crippen LogP contribution in [0.5, 0.6) is 0 Å². The molecule has 2 nitrogen and oxygen atoms in total. The third-order valence-electron chi connectivity index (χ3n) is 3.16. The second-order valence-electron chi connectivity index (χ2n) is 5.29. The monoisotopic (exact) mass is 295 g/mol. The van der Waals surface area contributed by atoms with Crippen LogP contribution in [0.2, 0.25) is 0 Å². The maximum atomic E-state index is 5.51. The zero-order valence-corrected chi connectivity index (χ0v) is 14.0. The molecule has 1 rings (SSSR count). The van der Waals surface area contributed by atoms with Gasteiger partial charge in [-0.05, 0) is 30.0 Å². The molecule has 114 valence electrons. The SMILES string of the molecule is CCCCOCCNCCSc1ccc(C(C)C)cc1. The Balaban J connectivity index is 2.01. The number of hydrogen-bond donors (Lipinski definition) is 1. The summed E-state index contributed by atoms with van der Waals surface area (Å²) in [5, 5.41) is 3.42. The highest BCUT2D eigenvalue weighted by atomic mass is 32.2. The van der Waals surface area contributed by atoms with E-state index in [-0.39, 0.29) is 0 Å². The van der Waals surface area contributed by atoms with E-state index in [1.807, 2.05) is 11.8 Å².